The first-order valence-electron chi connectivity index (χ1n) is 9.87. The lowest BCUT2D eigenvalue weighted by Gasteiger charge is -2.23. The Morgan fingerprint density at radius 1 is 0.968 bits per heavy atom. The molecule has 4 nitrogen and oxygen atoms in total. The van der Waals surface area contributed by atoms with Crippen LogP contribution in [-0.4, -0.2) is 15.3 Å². The van der Waals surface area contributed by atoms with E-state index in [4.69, 9.17) is 0 Å². The summed E-state index contributed by atoms with van der Waals surface area (Å²) >= 11 is 0. The molecular formula is C24H20F3N3O. The van der Waals surface area contributed by atoms with Gasteiger partial charge in [-0.05, 0) is 36.2 Å². The fraction of sp³-hybridized carbons (Fsp3) is 0.167. The standard InChI is InChI=1S/C24H20F3N3O/c1-2-20-22(30-16-18(24(25,26)27)13-14-21(30)28-20)23(31)29(19-11-7-4-8-12-19)15-17-9-5-3-6-10-17/h3-14,16H,2,15H2,1H3. The molecule has 0 saturated carbocycles. The van der Waals surface area contributed by atoms with Crippen LogP contribution in [0.15, 0.2) is 79.0 Å². The number of halogens is 3. The average Bonchev–Trinajstić information content (AvgIpc) is 3.15. The number of hydrogen-bond donors (Lipinski definition) is 0. The zero-order valence-corrected chi connectivity index (χ0v) is 16.8. The van der Waals surface area contributed by atoms with Gasteiger partial charge in [0.15, 0.2) is 0 Å². The van der Waals surface area contributed by atoms with Crippen LogP contribution in [0.25, 0.3) is 5.65 Å². The van der Waals surface area contributed by atoms with Crippen molar-refractivity contribution in [2.24, 2.45) is 0 Å². The SMILES string of the molecule is CCc1nc2ccc(C(F)(F)F)cn2c1C(=O)N(Cc1ccccc1)c1ccccc1. The summed E-state index contributed by atoms with van der Waals surface area (Å²) in [5, 5.41) is 0. The van der Waals surface area contributed by atoms with E-state index in [1.54, 1.807) is 17.0 Å². The maximum Gasteiger partial charge on any atom is 0.417 e. The molecule has 0 N–H and O–H groups in total. The Morgan fingerprint density at radius 2 is 1.61 bits per heavy atom. The summed E-state index contributed by atoms with van der Waals surface area (Å²) in [5.74, 6) is -0.404. The van der Waals surface area contributed by atoms with E-state index in [9.17, 15) is 18.0 Å². The lowest BCUT2D eigenvalue weighted by molar-refractivity contribution is -0.137. The normalized spacial score (nSPS) is 11.6. The minimum atomic E-state index is -4.52. The van der Waals surface area contributed by atoms with E-state index in [1.807, 2.05) is 55.5 Å². The first-order chi connectivity index (χ1) is 14.9. The molecule has 0 unspecified atom stereocenters. The molecule has 7 heteroatoms. The molecule has 2 heterocycles. The van der Waals surface area contributed by atoms with Crippen LogP contribution in [0.4, 0.5) is 18.9 Å². The van der Waals surface area contributed by atoms with Gasteiger partial charge < -0.3 is 4.90 Å². The van der Waals surface area contributed by atoms with Crippen LogP contribution in [0.5, 0.6) is 0 Å². The van der Waals surface area contributed by atoms with Gasteiger partial charge in [-0.25, -0.2) is 4.98 Å². The molecule has 0 atom stereocenters. The van der Waals surface area contributed by atoms with Crippen LogP contribution in [0.3, 0.4) is 0 Å². The molecule has 0 spiro atoms. The summed E-state index contributed by atoms with van der Waals surface area (Å²) in [7, 11) is 0. The third-order valence-electron chi connectivity index (χ3n) is 5.05. The smallest absolute Gasteiger partial charge is 0.303 e. The monoisotopic (exact) mass is 423 g/mol. The van der Waals surface area contributed by atoms with E-state index in [1.165, 1.54) is 10.5 Å². The van der Waals surface area contributed by atoms with Gasteiger partial charge >= 0.3 is 6.18 Å². The number of para-hydroxylation sites is 1. The molecule has 2 aromatic heterocycles. The first kappa shape index (κ1) is 20.7. The van der Waals surface area contributed by atoms with Gasteiger partial charge in [-0.15, -0.1) is 0 Å². The van der Waals surface area contributed by atoms with Crippen molar-refractivity contribution in [3.63, 3.8) is 0 Å². The molecule has 4 rings (SSSR count). The van der Waals surface area contributed by atoms with Crippen LogP contribution in [0.1, 0.15) is 34.2 Å². The number of nitrogens with zero attached hydrogens (tertiary/aromatic N) is 3. The van der Waals surface area contributed by atoms with Gasteiger partial charge in [0.2, 0.25) is 0 Å². The quantitative estimate of drug-likeness (QED) is 0.409. The van der Waals surface area contributed by atoms with Gasteiger partial charge in [0.05, 0.1) is 17.8 Å². The van der Waals surface area contributed by atoms with Crippen molar-refractivity contribution < 1.29 is 18.0 Å². The number of benzene rings is 2. The Hall–Kier alpha value is -3.61. The second-order valence-electron chi connectivity index (χ2n) is 7.12. The number of carbonyl (C=O) groups excluding carboxylic acids is 1. The molecule has 1 amide bonds. The summed E-state index contributed by atoms with van der Waals surface area (Å²) in [6.45, 7) is 2.10. The molecule has 0 bridgehead atoms. The van der Waals surface area contributed by atoms with E-state index in [0.29, 0.717) is 23.4 Å². The van der Waals surface area contributed by atoms with Crippen molar-refractivity contribution in [1.82, 2.24) is 9.38 Å². The minimum absolute atomic E-state index is 0.142. The van der Waals surface area contributed by atoms with E-state index < -0.39 is 17.6 Å². The Balaban J connectivity index is 1.86. The van der Waals surface area contributed by atoms with E-state index in [2.05, 4.69) is 4.98 Å². The lowest BCUT2D eigenvalue weighted by atomic mass is 10.1. The van der Waals surface area contributed by atoms with Crippen LogP contribution in [0, 0.1) is 0 Å². The molecule has 0 radical (unpaired) electrons. The topological polar surface area (TPSA) is 37.6 Å². The number of aryl methyl sites for hydroxylation is 1. The summed E-state index contributed by atoms with van der Waals surface area (Å²) in [6, 6.07) is 20.8. The highest BCUT2D eigenvalue weighted by Gasteiger charge is 2.32. The predicted molar refractivity (Wildman–Crippen MR) is 113 cm³/mol. The van der Waals surface area contributed by atoms with Gasteiger partial charge in [-0.1, -0.05) is 55.5 Å². The molecule has 31 heavy (non-hydrogen) atoms. The van der Waals surface area contributed by atoms with Crippen molar-refractivity contribution >= 4 is 17.2 Å². The summed E-state index contributed by atoms with van der Waals surface area (Å²) in [4.78, 5) is 19.7. The maximum absolute atomic E-state index is 13.7. The van der Waals surface area contributed by atoms with E-state index in [0.717, 1.165) is 17.8 Å². The number of rotatable bonds is 5. The molecule has 4 aromatic rings. The molecule has 2 aromatic carbocycles. The molecule has 0 aliphatic carbocycles. The molecule has 0 aliphatic rings. The van der Waals surface area contributed by atoms with Crippen molar-refractivity contribution in [1.29, 1.82) is 0 Å². The summed E-state index contributed by atoms with van der Waals surface area (Å²) in [5.41, 5.74) is 1.63. The largest absolute Gasteiger partial charge is 0.417 e. The lowest BCUT2D eigenvalue weighted by Crippen LogP contribution is -2.32. The fourth-order valence-electron chi connectivity index (χ4n) is 3.52. The van der Waals surface area contributed by atoms with Crippen LogP contribution in [-0.2, 0) is 19.1 Å². The van der Waals surface area contributed by atoms with Gasteiger partial charge in [-0.2, -0.15) is 13.2 Å². The molecule has 158 valence electrons. The Labute approximate surface area is 177 Å². The second kappa shape index (κ2) is 8.26. The zero-order valence-electron chi connectivity index (χ0n) is 16.8. The number of imidazole rings is 1. The third kappa shape index (κ3) is 4.17. The molecule has 0 aliphatic heterocycles. The number of alkyl halides is 3. The molecular weight excluding hydrogens is 403 g/mol. The van der Waals surface area contributed by atoms with E-state index >= 15 is 0 Å². The highest BCUT2D eigenvalue weighted by atomic mass is 19.4. The predicted octanol–water partition coefficient (Wildman–Crippen LogP) is 5.76. The number of fused-ring (bicyclic) bond motifs is 1. The fourth-order valence-corrected chi connectivity index (χ4v) is 3.52. The van der Waals surface area contributed by atoms with Crippen molar-refractivity contribution in [3.8, 4) is 0 Å². The summed E-state index contributed by atoms with van der Waals surface area (Å²) in [6.07, 6.45) is -3.16. The Morgan fingerprint density at radius 3 is 2.23 bits per heavy atom. The van der Waals surface area contributed by atoms with Crippen LogP contribution >= 0.6 is 0 Å². The van der Waals surface area contributed by atoms with Crippen molar-refractivity contribution in [3.05, 3.63) is 102 Å². The number of aromatic nitrogens is 2. The van der Waals surface area contributed by atoms with Crippen LogP contribution < -0.4 is 4.90 Å². The Bertz CT molecular complexity index is 1200. The van der Waals surface area contributed by atoms with Gasteiger partial charge in [-0.3, -0.25) is 9.20 Å². The second-order valence-corrected chi connectivity index (χ2v) is 7.12. The first-order valence-corrected chi connectivity index (χ1v) is 9.87. The van der Waals surface area contributed by atoms with E-state index in [-0.39, 0.29) is 12.2 Å². The number of hydrogen-bond acceptors (Lipinski definition) is 2. The van der Waals surface area contributed by atoms with Crippen molar-refractivity contribution in [2.45, 2.75) is 26.1 Å². The number of anilines is 1. The van der Waals surface area contributed by atoms with Gasteiger partial charge in [0.1, 0.15) is 11.3 Å². The molecule has 0 fully saturated rings. The number of amides is 1. The van der Waals surface area contributed by atoms with Crippen molar-refractivity contribution in [2.75, 3.05) is 4.90 Å². The summed E-state index contributed by atoms with van der Waals surface area (Å²) < 4.78 is 41.2. The highest BCUT2D eigenvalue weighted by Crippen LogP contribution is 2.30. The minimum Gasteiger partial charge on any atom is -0.303 e. The molecule has 0 saturated heterocycles. The third-order valence-corrected chi connectivity index (χ3v) is 5.05. The van der Waals surface area contributed by atoms with Crippen LogP contribution in [0.2, 0.25) is 0 Å². The highest BCUT2D eigenvalue weighted by molar-refractivity contribution is 6.06. The number of pyridine rings is 1. The average molecular weight is 423 g/mol. The van der Waals surface area contributed by atoms with Gasteiger partial charge in [0, 0.05) is 11.9 Å². The van der Waals surface area contributed by atoms with Gasteiger partial charge in [0.25, 0.3) is 5.91 Å². The maximum atomic E-state index is 13.7. The Kier molecular flexibility index (Phi) is 5.50. The zero-order chi connectivity index (χ0) is 22.0. The number of carbonyl (C=O) groups is 1.